The Labute approximate surface area is 91.9 Å². The van der Waals surface area contributed by atoms with Crippen LogP contribution in [0.3, 0.4) is 0 Å². The van der Waals surface area contributed by atoms with Crippen LogP contribution in [0.15, 0.2) is 30.3 Å². The summed E-state index contributed by atoms with van der Waals surface area (Å²) in [7, 11) is 0. The predicted molar refractivity (Wildman–Crippen MR) is 62.5 cm³/mol. The van der Waals surface area contributed by atoms with Gasteiger partial charge >= 0.3 is 0 Å². The van der Waals surface area contributed by atoms with E-state index in [0.29, 0.717) is 0 Å². The summed E-state index contributed by atoms with van der Waals surface area (Å²) in [5.74, 6) is 2.09. The van der Waals surface area contributed by atoms with Gasteiger partial charge in [-0.05, 0) is 30.2 Å². The predicted octanol–water partition coefficient (Wildman–Crippen LogP) is 2.96. The van der Waals surface area contributed by atoms with E-state index >= 15 is 0 Å². The molecule has 0 amide bonds. The van der Waals surface area contributed by atoms with E-state index in [1.807, 2.05) is 0 Å². The Hall–Kier alpha value is -0.820. The first-order valence-corrected chi connectivity index (χ1v) is 6.21. The standard InChI is InChI=1S/C14H19N/c1-2-5-11(6-3-1)10-15-14-8-4-7-12-9-13(12)14/h1-3,5-6,12-15H,4,7-10H2/t12-,13+,14?/m1/s1. The number of nitrogens with one attached hydrogen (secondary N) is 1. The molecule has 1 unspecified atom stereocenters. The van der Waals surface area contributed by atoms with Crippen LogP contribution in [-0.2, 0) is 6.54 Å². The second kappa shape index (κ2) is 3.97. The quantitative estimate of drug-likeness (QED) is 0.792. The van der Waals surface area contributed by atoms with Gasteiger partial charge in [0.05, 0.1) is 0 Å². The largest absolute Gasteiger partial charge is 0.310 e. The number of benzene rings is 1. The van der Waals surface area contributed by atoms with Crippen molar-refractivity contribution in [3.05, 3.63) is 35.9 Å². The monoisotopic (exact) mass is 201 g/mol. The van der Waals surface area contributed by atoms with Crippen LogP contribution in [0.4, 0.5) is 0 Å². The van der Waals surface area contributed by atoms with Gasteiger partial charge < -0.3 is 5.32 Å². The molecule has 3 rings (SSSR count). The highest BCUT2D eigenvalue weighted by molar-refractivity contribution is 5.14. The lowest BCUT2D eigenvalue weighted by Crippen LogP contribution is -2.33. The van der Waals surface area contributed by atoms with Crippen molar-refractivity contribution in [2.45, 2.75) is 38.3 Å². The van der Waals surface area contributed by atoms with Gasteiger partial charge in [0.25, 0.3) is 0 Å². The lowest BCUT2D eigenvalue weighted by atomic mass is 9.95. The molecule has 3 atom stereocenters. The summed E-state index contributed by atoms with van der Waals surface area (Å²) < 4.78 is 0. The van der Waals surface area contributed by atoms with Gasteiger partial charge in [0, 0.05) is 12.6 Å². The smallest absolute Gasteiger partial charge is 0.0208 e. The molecule has 0 bridgehead atoms. The zero-order valence-electron chi connectivity index (χ0n) is 9.15. The van der Waals surface area contributed by atoms with E-state index in [1.165, 1.54) is 31.2 Å². The minimum atomic E-state index is 0.809. The second-order valence-electron chi connectivity index (χ2n) is 5.06. The first-order chi connectivity index (χ1) is 7.43. The van der Waals surface area contributed by atoms with Gasteiger partial charge in [0.2, 0.25) is 0 Å². The second-order valence-corrected chi connectivity index (χ2v) is 5.06. The molecule has 0 radical (unpaired) electrons. The third kappa shape index (κ3) is 2.07. The Kier molecular flexibility index (Phi) is 2.49. The summed E-state index contributed by atoms with van der Waals surface area (Å²) in [5.41, 5.74) is 1.42. The van der Waals surface area contributed by atoms with Crippen molar-refractivity contribution in [2.24, 2.45) is 11.8 Å². The van der Waals surface area contributed by atoms with Gasteiger partial charge in [-0.15, -0.1) is 0 Å². The molecular formula is C14H19N. The molecule has 80 valence electrons. The van der Waals surface area contributed by atoms with Gasteiger partial charge in [0.15, 0.2) is 0 Å². The zero-order chi connectivity index (χ0) is 10.1. The summed E-state index contributed by atoms with van der Waals surface area (Å²) in [6, 6.07) is 11.6. The van der Waals surface area contributed by atoms with Crippen molar-refractivity contribution in [1.29, 1.82) is 0 Å². The fourth-order valence-corrected chi connectivity index (χ4v) is 3.01. The van der Waals surface area contributed by atoms with Crippen molar-refractivity contribution in [3.8, 4) is 0 Å². The molecule has 15 heavy (non-hydrogen) atoms. The molecule has 0 spiro atoms. The third-order valence-electron chi connectivity index (χ3n) is 4.00. The number of hydrogen-bond acceptors (Lipinski definition) is 1. The van der Waals surface area contributed by atoms with Crippen LogP contribution in [0.25, 0.3) is 0 Å². The van der Waals surface area contributed by atoms with Crippen LogP contribution in [0.5, 0.6) is 0 Å². The summed E-state index contributed by atoms with van der Waals surface area (Å²) >= 11 is 0. The molecule has 1 aromatic carbocycles. The van der Waals surface area contributed by atoms with Crippen LogP contribution >= 0.6 is 0 Å². The summed E-state index contributed by atoms with van der Waals surface area (Å²) in [5, 5.41) is 3.73. The number of fused-ring (bicyclic) bond motifs is 1. The number of hydrogen-bond donors (Lipinski definition) is 1. The zero-order valence-corrected chi connectivity index (χ0v) is 9.15. The molecule has 2 aliphatic carbocycles. The van der Waals surface area contributed by atoms with Crippen molar-refractivity contribution in [3.63, 3.8) is 0 Å². The SMILES string of the molecule is c1ccc(CNC2CCC[C@@H]3C[C@H]23)cc1. The molecule has 0 aliphatic heterocycles. The maximum absolute atomic E-state index is 3.73. The van der Waals surface area contributed by atoms with E-state index in [1.54, 1.807) is 0 Å². The first-order valence-electron chi connectivity index (χ1n) is 6.21. The maximum Gasteiger partial charge on any atom is 0.0208 e. The number of rotatable bonds is 3. The Morgan fingerprint density at radius 1 is 1.13 bits per heavy atom. The molecule has 2 fully saturated rings. The maximum atomic E-state index is 3.73. The molecule has 1 nitrogen and oxygen atoms in total. The average molecular weight is 201 g/mol. The van der Waals surface area contributed by atoms with Crippen LogP contribution in [0.2, 0.25) is 0 Å². The lowest BCUT2D eigenvalue weighted by molar-refractivity contribution is 0.352. The Bertz CT molecular complexity index is 319. The molecule has 2 saturated carbocycles. The molecule has 0 heterocycles. The topological polar surface area (TPSA) is 12.0 Å². The minimum absolute atomic E-state index is 0.809. The molecule has 0 aromatic heterocycles. The van der Waals surface area contributed by atoms with E-state index in [-0.39, 0.29) is 0 Å². The molecule has 2 aliphatic rings. The Morgan fingerprint density at radius 3 is 2.87 bits per heavy atom. The van der Waals surface area contributed by atoms with E-state index in [0.717, 1.165) is 24.4 Å². The van der Waals surface area contributed by atoms with Gasteiger partial charge in [-0.1, -0.05) is 43.2 Å². The van der Waals surface area contributed by atoms with Gasteiger partial charge in [0.1, 0.15) is 0 Å². The van der Waals surface area contributed by atoms with Crippen LogP contribution < -0.4 is 5.32 Å². The summed E-state index contributed by atoms with van der Waals surface area (Å²) in [4.78, 5) is 0. The summed E-state index contributed by atoms with van der Waals surface area (Å²) in [6.07, 6.45) is 5.82. The fourth-order valence-electron chi connectivity index (χ4n) is 3.01. The van der Waals surface area contributed by atoms with Crippen molar-refractivity contribution >= 4 is 0 Å². The average Bonchev–Trinajstić information content (AvgIpc) is 3.07. The van der Waals surface area contributed by atoms with Crippen LogP contribution in [0.1, 0.15) is 31.2 Å². The van der Waals surface area contributed by atoms with Gasteiger partial charge in [-0.3, -0.25) is 0 Å². The first kappa shape index (κ1) is 9.41. The van der Waals surface area contributed by atoms with Crippen LogP contribution in [-0.4, -0.2) is 6.04 Å². The van der Waals surface area contributed by atoms with Gasteiger partial charge in [-0.2, -0.15) is 0 Å². The van der Waals surface area contributed by atoms with E-state index in [9.17, 15) is 0 Å². The lowest BCUT2D eigenvalue weighted by Gasteiger charge is -2.22. The van der Waals surface area contributed by atoms with Crippen molar-refractivity contribution in [1.82, 2.24) is 5.32 Å². The van der Waals surface area contributed by atoms with Crippen molar-refractivity contribution in [2.75, 3.05) is 0 Å². The Balaban J connectivity index is 1.54. The van der Waals surface area contributed by atoms with Crippen LogP contribution in [0, 0.1) is 11.8 Å². The Morgan fingerprint density at radius 2 is 2.00 bits per heavy atom. The fraction of sp³-hybridized carbons (Fsp3) is 0.571. The molecule has 1 aromatic rings. The third-order valence-corrected chi connectivity index (χ3v) is 4.00. The minimum Gasteiger partial charge on any atom is -0.310 e. The normalized spacial score (nSPS) is 33.5. The van der Waals surface area contributed by atoms with E-state index < -0.39 is 0 Å². The van der Waals surface area contributed by atoms with E-state index in [2.05, 4.69) is 35.6 Å². The van der Waals surface area contributed by atoms with Gasteiger partial charge in [-0.25, -0.2) is 0 Å². The summed E-state index contributed by atoms with van der Waals surface area (Å²) in [6.45, 7) is 1.05. The molecule has 1 heteroatoms. The molecule has 1 N–H and O–H groups in total. The molecular weight excluding hydrogens is 182 g/mol. The molecule has 0 saturated heterocycles. The highest BCUT2D eigenvalue weighted by atomic mass is 14.9. The highest BCUT2D eigenvalue weighted by Gasteiger charge is 2.44. The van der Waals surface area contributed by atoms with E-state index in [4.69, 9.17) is 0 Å². The highest BCUT2D eigenvalue weighted by Crippen LogP contribution is 2.49. The van der Waals surface area contributed by atoms with Crippen molar-refractivity contribution < 1.29 is 0 Å².